The van der Waals surface area contributed by atoms with Gasteiger partial charge in [0.15, 0.2) is 5.76 Å². The summed E-state index contributed by atoms with van der Waals surface area (Å²) >= 11 is 0. The minimum absolute atomic E-state index is 0.0650. The number of rotatable bonds is 5. The minimum Gasteiger partial charge on any atom is -0.497 e. The third-order valence-electron chi connectivity index (χ3n) is 5.35. The van der Waals surface area contributed by atoms with Crippen molar-refractivity contribution in [2.24, 2.45) is 0 Å². The van der Waals surface area contributed by atoms with E-state index in [4.69, 9.17) is 13.9 Å². The first-order valence-corrected chi connectivity index (χ1v) is 9.84. The molecule has 0 atom stereocenters. The monoisotopic (exact) mass is 408 g/mol. The number of fused-ring (bicyclic) bond motifs is 1. The number of furan rings is 1. The first kappa shape index (κ1) is 20.0. The van der Waals surface area contributed by atoms with Crippen molar-refractivity contribution >= 4 is 22.8 Å². The number of benzene rings is 2. The summed E-state index contributed by atoms with van der Waals surface area (Å²) < 4.78 is 16.4. The van der Waals surface area contributed by atoms with Crippen molar-refractivity contribution in [2.75, 3.05) is 40.4 Å². The second-order valence-corrected chi connectivity index (χ2v) is 7.16. The Morgan fingerprint density at radius 2 is 1.63 bits per heavy atom. The number of hydrogen-bond donors (Lipinski definition) is 0. The van der Waals surface area contributed by atoms with Crippen LogP contribution in [0.2, 0.25) is 0 Å². The first-order chi connectivity index (χ1) is 14.6. The SMILES string of the molecule is COCc1c(C(=O)N2CCN(C(=O)c3cccc(OC)c3)CC2)oc2ccccc12. The molecule has 4 rings (SSSR count). The molecular weight excluding hydrogens is 384 g/mol. The Labute approximate surface area is 174 Å². The van der Waals surface area contributed by atoms with Crippen molar-refractivity contribution in [1.82, 2.24) is 9.80 Å². The van der Waals surface area contributed by atoms with Crippen LogP contribution in [-0.4, -0.2) is 62.0 Å². The van der Waals surface area contributed by atoms with E-state index in [9.17, 15) is 9.59 Å². The van der Waals surface area contributed by atoms with Crippen LogP contribution < -0.4 is 4.74 Å². The molecule has 1 fully saturated rings. The summed E-state index contributed by atoms with van der Waals surface area (Å²) in [5, 5.41) is 0.884. The van der Waals surface area contributed by atoms with E-state index in [1.165, 1.54) is 0 Å². The van der Waals surface area contributed by atoms with Crippen LogP contribution >= 0.6 is 0 Å². The molecule has 0 radical (unpaired) electrons. The molecule has 0 bridgehead atoms. The van der Waals surface area contributed by atoms with Gasteiger partial charge in [-0.1, -0.05) is 24.3 Å². The van der Waals surface area contributed by atoms with Gasteiger partial charge in [-0.2, -0.15) is 0 Å². The highest BCUT2D eigenvalue weighted by Crippen LogP contribution is 2.28. The maximum atomic E-state index is 13.2. The van der Waals surface area contributed by atoms with Gasteiger partial charge in [0.1, 0.15) is 11.3 Å². The molecule has 1 aliphatic heterocycles. The number of nitrogens with zero attached hydrogens (tertiary/aromatic N) is 2. The van der Waals surface area contributed by atoms with Crippen LogP contribution in [0.5, 0.6) is 5.75 Å². The van der Waals surface area contributed by atoms with Gasteiger partial charge in [0, 0.05) is 49.8 Å². The first-order valence-electron chi connectivity index (χ1n) is 9.84. The molecule has 2 amide bonds. The maximum Gasteiger partial charge on any atom is 0.290 e. The highest BCUT2D eigenvalue weighted by atomic mass is 16.5. The van der Waals surface area contributed by atoms with Gasteiger partial charge in [0.25, 0.3) is 11.8 Å². The molecule has 1 aromatic heterocycles. The van der Waals surface area contributed by atoms with Gasteiger partial charge in [-0.15, -0.1) is 0 Å². The molecule has 7 heteroatoms. The van der Waals surface area contributed by atoms with E-state index in [1.54, 1.807) is 48.3 Å². The van der Waals surface area contributed by atoms with Crippen molar-refractivity contribution in [2.45, 2.75) is 6.61 Å². The van der Waals surface area contributed by atoms with Gasteiger partial charge >= 0.3 is 0 Å². The second kappa shape index (κ2) is 8.59. The lowest BCUT2D eigenvalue weighted by atomic mass is 10.1. The van der Waals surface area contributed by atoms with Crippen LogP contribution in [0.3, 0.4) is 0 Å². The molecule has 7 nitrogen and oxygen atoms in total. The van der Waals surface area contributed by atoms with E-state index < -0.39 is 0 Å². The molecule has 0 N–H and O–H groups in total. The molecule has 0 saturated carbocycles. The van der Waals surface area contributed by atoms with Crippen LogP contribution in [0.25, 0.3) is 11.0 Å². The largest absolute Gasteiger partial charge is 0.497 e. The standard InChI is InChI=1S/C23H24N2O5/c1-28-15-19-18-8-3-4-9-20(18)30-21(19)23(27)25-12-10-24(11-13-25)22(26)16-6-5-7-17(14-16)29-2/h3-9,14H,10-13,15H2,1-2H3. The fourth-order valence-electron chi connectivity index (χ4n) is 3.75. The van der Waals surface area contributed by atoms with E-state index in [-0.39, 0.29) is 11.8 Å². The molecular formula is C23H24N2O5. The predicted molar refractivity (Wildman–Crippen MR) is 112 cm³/mol. The summed E-state index contributed by atoms with van der Waals surface area (Å²) in [7, 11) is 3.17. The topological polar surface area (TPSA) is 72.2 Å². The highest BCUT2D eigenvalue weighted by molar-refractivity contribution is 5.99. The van der Waals surface area contributed by atoms with Crippen molar-refractivity contribution in [3.8, 4) is 5.75 Å². The Hall–Kier alpha value is -3.32. The number of carbonyl (C=O) groups excluding carboxylic acids is 2. The van der Waals surface area contributed by atoms with Crippen LogP contribution in [0.4, 0.5) is 0 Å². The van der Waals surface area contributed by atoms with E-state index in [0.717, 1.165) is 10.9 Å². The molecule has 0 spiro atoms. The van der Waals surface area contributed by atoms with Crippen molar-refractivity contribution < 1.29 is 23.5 Å². The molecule has 30 heavy (non-hydrogen) atoms. The number of para-hydroxylation sites is 1. The van der Waals surface area contributed by atoms with Gasteiger partial charge in [0.2, 0.25) is 0 Å². The molecule has 3 aromatic rings. The highest BCUT2D eigenvalue weighted by Gasteiger charge is 2.29. The van der Waals surface area contributed by atoms with Gasteiger partial charge < -0.3 is 23.7 Å². The summed E-state index contributed by atoms with van der Waals surface area (Å²) in [6.07, 6.45) is 0. The average molecular weight is 408 g/mol. The van der Waals surface area contributed by atoms with Crippen LogP contribution in [-0.2, 0) is 11.3 Å². The summed E-state index contributed by atoms with van der Waals surface area (Å²) in [6.45, 7) is 2.10. The Kier molecular flexibility index (Phi) is 5.72. The Balaban J connectivity index is 1.48. The number of hydrogen-bond acceptors (Lipinski definition) is 5. The number of methoxy groups -OCH3 is 2. The zero-order valence-electron chi connectivity index (χ0n) is 17.1. The molecule has 1 aliphatic rings. The Morgan fingerprint density at radius 1 is 0.933 bits per heavy atom. The molecule has 0 unspecified atom stereocenters. The van der Waals surface area contributed by atoms with Crippen molar-refractivity contribution in [1.29, 1.82) is 0 Å². The second-order valence-electron chi connectivity index (χ2n) is 7.16. The number of piperazine rings is 1. The van der Waals surface area contributed by atoms with E-state index in [0.29, 0.717) is 55.4 Å². The summed E-state index contributed by atoms with van der Waals surface area (Å²) in [4.78, 5) is 29.4. The molecule has 1 saturated heterocycles. The molecule has 2 aromatic carbocycles. The zero-order valence-corrected chi connectivity index (χ0v) is 17.1. The predicted octanol–water partition coefficient (Wildman–Crippen LogP) is 3.19. The number of ether oxygens (including phenoxy) is 2. The molecule has 2 heterocycles. The number of amides is 2. The third kappa shape index (κ3) is 3.76. The van der Waals surface area contributed by atoms with Gasteiger partial charge in [0.05, 0.1) is 13.7 Å². The van der Waals surface area contributed by atoms with E-state index in [1.807, 2.05) is 24.3 Å². The fourth-order valence-corrected chi connectivity index (χ4v) is 3.75. The number of carbonyl (C=O) groups is 2. The minimum atomic E-state index is -0.174. The Morgan fingerprint density at radius 3 is 2.33 bits per heavy atom. The smallest absolute Gasteiger partial charge is 0.290 e. The van der Waals surface area contributed by atoms with E-state index >= 15 is 0 Å². The lowest BCUT2D eigenvalue weighted by molar-refractivity contribution is 0.0516. The average Bonchev–Trinajstić information content (AvgIpc) is 3.17. The molecule has 156 valence electrons. The lowest BCUT2D eigenvalue weighted by Crippen LogP contribution is -2.50. The van der Waals surface area contributed by atoms with Crippen LogP contribution in [0.15, 0.2) is 52.9 Å². The van der Waals surface area contributed by atoms with E-state index in [2.05, 4.69) is 0 Å². The zero-order chi connectivity index (χ0) is 21.1. The Bertz CT molecular complexity index is 1070. The molecule has 0 aliphatic carbocycles. The summed E-state index contributed by atoms with van der Waals surface area (Å²) in [5.74, 6) is 0.715. The van der Waals surface area contributed by atoms with Crippen LogP contribution in [0, 0.1) is 0 Å². The van der Waals surface area contributed by atoms with Gasteiger partial charge in [-0.05, 0) is 24.3 Å². The fraction of sp³-hybridized carbons (Fsp3) is 0.304. The van der Waals surface area contributed by atoms with Crippen molar-refractivity contribution in [3.63, 3.8) is 0 Å². The quantitative estimate of drug-likeness (QED) is 0.648. The maximum absolute atomic E-state index is 13.2. The normalized spacial score (nSPS) is 14.2. The summed E-state index contributed by atoms with van der Waals surface area (Å²) in [6, 6.07) is 14.7. The van der Waals surface area contributed by atoms with Crippen LogP contribution in [0.1, 0.15) is 26.5 Å². The van der Waals surface area contributed by atoms with Crippen molar-refractivity contribution in [3.05, 3.63) is 65.4 Å². The van der Waals surface area contributed by atoms with Gasteiger partial charge in [-0.25, -0.2) is 0 Å². The lowest BCUT2D eigenvalue weighted by Gasteiger charge is -2.34. The third-order valence-corrected chi connectivity index (χ3v) is 5.35. The van der Waals surface area contributed by atoms with Gasteiger partial charge in [-0.3, -0.25) is 9.59 Å². The summed E-state index contributed by atoms with van der Waals surface area (Å²) in [5.41, 5.74) is 2.00.